The van der Waals surface area contributed by atoms with Gasteiger partial charge in [-0.1, -0.05) is 42.5 Å². The minimum absolute atomic E-state index is 0.0543. The number of carbonyl (C=O) groups excluding carboxylic acids is 1. The fourth-order valence-electron chi connectivity index (χ4n) is 3.54. The zero-order valence-electron chi connectivity index (χ0n) is 13.4. The zero-order valence-corrected chi connectivity index (χ0v) is 13.4. The summed E-state index contributed by atoms with van der Waals surface area (Å²) in [4.78, 5) is 12.5. The Balaban J connectivity index is 1.72. The van der Waals surface area contributed by atoms with Crippen LogP contribution in [0, 0.1) is 13.8 Å². The molecular formula is C20H23NO. The molecule has 2 aromatic carbocycles. The van der Waals surface area contributed by atoms with Crippen molar-refractivity contribution in [1.82, 2.24) is 5.32 Å². The van der Waals surface area contributed by atoms with E-state index in [2.05, 4.69) is 29.6 Å². The third-order valence-electron chi connectivity index (χ3n) is 4.71. The first-order chi connectivity index (χ1) is 10.7. The first-order valence-corrected chi connectivity index (χ1v) is 8.09. The van der Waals surface area contributed by atoms with Gasteiger partial charge in [-0.05, 0) is 55.4 Å². The lowest BCUT2D eigenvalue weighted by Crippen LogP contribution is -2.30. The van der Waals surface area contributed by atoms with E-state index in [9.17, 15) is 4.79 Å². The standard InChI is InChI=1S/C20H23NO/c1-14-7-5-8-15(2)19(14)20(22)21-13-17-11-6-10-16-9-3-4-12-18(16)17/h3-5,7-9,12,17H,6,10-11,13H2,1-2H3,(H,21,22)/t17-/m1/s1. The first kappa shape index (κ1) is 14.8. The van der Waals surface area contributed by atoms with E-state index in [4.69, 9.17) is 0 Å². The van der Waals surface area contributed by atoms with Crippen molar-refractivity contribution in [3.8, 4) is 0 Å². The van der Waals surface area contributed by atoms with E-state index in [1.807, 2.05) is 32.0 Å². The summed E-state index contributed by atoms with van der Waals surface area (Å²) in [6, 6.07) is 14.6. The Kier molecular flexibility index (Phi) is 4.28. The molecule has 1 N–H and O–H groups in total. The number of hydrogen-bond donors (Lipinski definition) is 1. The Bertz CT molecular complexity index is 670. The van der Waals surface area contributed by atoms with Crippen LogP contribution in [0.3, 0.4) is 0 Å². The summed E-state index contributed by atoms with van der Waals surface area (Å²) in [5, 5.41) is 3.15. The van der Waals surface area contributed by atoms with Crippen LogP contribution in [-0.4, -0.2) is 12.5 Å². The highest BCUT2D eigenvalue weighted by molar-refractivity contribution is 5.97. The van der Waals surface area contributed by atoms with Gasteiger partial charge in [0.15, 0.2) is 0 Å². The predicted octanol–water partition coefficient (Wildman–Crippen LogP) is 4.15. The minimum Gasteiger partial charge on any atom is -0.351 e. The number of amides is 1. The van der Waals surface area contributed by atoms with Crippen LogP contribution < -0.4 is 5.32 Å². The highest BCUT2D eigenvalue weighted by atomic mass is 16.1. The molecule has 0 fully saturated rings. The molecule has 0 aromatic heterocycles. The van der Waals surface area contributed by atoms with E-state index in [1.165, 1.54) is 17.5 Å². The number of carbonyl (C=O) groups is 1. The van der Waals surface area contributed by atoms with E-state index in [-0.39, 0.29) is 5.91 Å². The highest BCUT2D eigenvalue weighted by Crippen LogP contribution is 2.30. The Hall–Kier alpha value is -2.09. The second kappa shape index (κ2) is 6.35. The molecule has 2 heteroatoms. The molecule has 0 aliphatic heterocycles. The van der Waals surface area contributed by atoms with Gasteiger partial charge in [0, 0.05) is 18.0 Å². The van der Waals surface area contributed by atoms with Crippen LogP contribution in [0.4, 0.5) is 0 Å². The number of aryl methyl sites for hydroxylation is 3. The van der Waals surface area contributed by atoms with Crippen LogP contribution in [0.1, 0.15) is 51.4 Å². The molecule has 0 saturated carbocycles. The lowest BCUT2D eigenvalue weighted by Gasteiger charge is -2.26. The Morgan fingerprint density at radius 2 is 1.82 bits per heavy atom. The number of benzene rings is 2. The van der Waals surface area contributed by atoms with E-state index in [1.54, 1.807) is 0 Å². The minimum atomic E-state index is 0.0543. The number of nitrogens with one attached hydrogen (secondary N) is 1. The van der Waals surface area contributed by atoms with Gasteiger partial charge in [0.2, 0.25) is 0 Å². The summed E-state index contributed by atoms with van der Waals surface area (Å²) >= 11 is 0. The van der Waals surface area contributed by atoms with Crippen LogP contribution in [0.25, 0.3) is 0 Å². The summed E-state index contributed by atoms with van der Waals surface area (Å²) in [7, 11) is 0. The second-order valence-electron chi connectivity index (χ2n) is 6.26. The van der Waals surface area contributed by atoms with Gasteiger partial charge in [-0.15, -0.1) is 0 Å². The van der Waals surface area contributed by atoms with Crippen molar-refractivity contribution < 1.29 is 4.79 Å². The van der Waals surface area contributed by atoms with Crippen molar-refractivity contribution in [2.75, 3.05) is 6.54 Å². The van der Waals surface area contributed by atoms with Crippen molar-refractivity contribution in [1.29, 1.82) is 0 Å². The van der Waals surface area contributed by atoms with Gasteiger partial charge in [0.25, 0.3) is 5.91 Å². The molecule has 0 spiro atoms. The molecule has 3 rings (SSSR count). The molecule has 22 heavy (non-hydrogen) atoms. The smallest absolute Gasteiger partial charge is 0.251 e. The third-order valence-corrected chi connectivity index (χ3v) is 4.71. The molecule has 0 unspecified atom stereocenters. The fraction of sp³-hybridized carbons (Fsp3) is 0.350. The number of hydrogen-bond acceptors (Lipinski definition) is 1. The molecule has 0 bridgehead atoms. The summed E-state index contributed by atoms with van der Waals surface area (Å²) in [5.41, 5.74) is 5.77. The van der Waals surface area contributed by atoms with Crippen molar-refractivity contribution in [3.05, 3.63) is 70.3 Å². The molecule has 1 aliphatic carbocycles. The van der Waals surface area contributed by atoms with Crippen molar-refractivity contribution >= 4 is 5.91 Å². The molecule has 1 aliphatic rings. The largest absolute Gasteiger partial charge is 0.351 e. The van der Waals surface area contributed by atoms with Crippen LogP contribution in [0.5, 0.6) is 0 Å². The van der Waals surface area contributed by atoms with Gasteiger partial charge in [-0.2, -0.15) is 0 Å². The van der Waals surface area contributed by atoms with Crippen molar-refractivity contribution in [2.24, 2.45) is 0 Å². The molecule has 114 valence electrons. The molecule has 1 atom stereocenters. The number of rotatable bonds is 3. The van der Waals surface area contributed by atoms with Gasteiger partial charge >= 0.3 is 0 Å². The highest BCUT2D eigenvalue weighted by Gasteiger charge is 2.21. The average molecular weight is 293 g/mol. The van der Waals surface area contributed by atoms with Gasteiger partial charge in [0.05, 0.1) is 0 Å². The summed E-state index contributed by atoms with van der Waals surface area (Å²) < 4.78 is 0. The molecule has 0 saturated heterocycles. The average Bonchev–Trinajstić information content (AvgIpc) is 2.52. The first-order valence-electron chi connectivity index (χ1n) is 8.09. The quantitative estimate of drug-likeness (QED) is 0.905. The van der Waals surface area contributed by atoms with E-state index < -0.39 is 0 Å². The van der Waals surface area contributed by atoms with Crippen LogP contribution in [0.15, 0.2) is 42.5 Å². The maximum absolute atomic E-state index is 12.5. The Morgan fingerprint density at radius 1 is 1.09 bits per heavy atom. The van der Waals surface area contributed by atoms with E-state index in [0.29, 0.717) is 5.92 Å². The SMILES string of the molecule is Cc1cccc(C)c1C(=O)NC[C@H]1CCCc2ccccc21. The normalized spacial score (nSPS) is 16.9. The van der Waals surface area contributed by atoms with E-state index in [0.717, 1.165) is 36.1 Å². The lowest BCUT2D eigenvalue weighted by atomic mass is 9.83. The van der Waals surface area contributed by atoms with Gasteiger partial charge < -0.3 is 5.32 Å². The third kappa shape index (κ3) is 2.92. The van der Waals surface area contributed by atoms with Gasteiger partial charge in [0.1, 0.15) is 0 Å². The monoisotopic (exact) mass is 293 g/mol. The summed E-state index contributed by atoms with van der Waals surface area (Å²) in [5.74, 6) is 0.497. The van der Waals surface area contributed by atoms with Crippen LogP contribution in [0.2, 0.25) is 0 Å². The maximum Gasteiger partial charge on any atom is 0.251 e. The second-order valence-corrected chi connectivity index (χ2v) is 6.26. The Labute approximate surface area is 132 Å². The lowest BCUT2D eigenvalue weighted by molar-refractivity contribution is 0.0949. The predicted molar refractivity (Wildman–Crippen MR) is 90.4 cm³/mol. The van der Waals surface area contributed by atoms with Gasteiger partial charge in [-0.25, -0.2) is 0 Å². The zero-order chi connectivity index (χ0) is 15.5. The number of fused-ring (bicyclic) bond motifs is 1. The summed E-state index contributed by atoms with van der Waals surface area (Å²) in [6.07, 6.45) is 3.53. The topological polar surface area (TPSA) is 29.1 Å². The van der Waals surface area contributed by atoms with Crippen molar-refractivity contribution in [3.63, 3.8) is 0 Å². The molecule has 1 amide bonds. The van der Waals surface area contributed by atoms with E-state index >= 15 is 0 Å². The molecule has 2 aromatic rings. The van der Waals surface area contributed by atoms with Crippen LogP contribution in [-0.2, 0) is 6.42 Å². The molecule has 2 nitrogen and oxygen atoms in total. The maximum atomic E-state index is 12.5. The van der Waals surface area contributed by atoms with Crippen molar-refractivity contribution in [2.45, 2.75) is 39.0 Å². The Morgan fingerprint density at radius 3 is 2.59 bits per heavy atom. The molecular weight excluding hydrogens is 270 g/mol. The summed E-state index contributed by atoms with van der Waals surface area (Å²) in [6.45, 7) is 4.72. The molecule has 0 radical (unpaired) electrons. The van der Waals surface area contributed by atoms with Gasteiger partial charge in [-0.3, -0.25) is 4.79 Å². The molecule has 0 heterocycles. The fourth-order valence-corrected chi connectivity index (χ4v) is 3.54. The van der Waals surface area contributed by atoms with Crippen LogP contribution >= 0.6 is 0 Å².